The highest BCUT2D eigenvalue weighted by Crippen LogP contribution is 2.18. The number of piperazine rings is 1. The molecule has 1 fully saturated rings. The largest absolute Gasteiger partial charge is 0.419 e. The van der Waals surface area contributed by atoms with Crippen LogP contribution in [0.15, 0.2) is 53.2 Å². The summed E-state index contributed by atoms with van der Waals surface area (Å²) in [4.78, 5) is 13.1. The van der Waals surface area contributed by atoms with Gasteiger partial charge in [-0.05, 0) is 18.2 Å². The summed E-state index contributed by atoms with van der Waals surface area (Å²) in [6.07, 6.45) is 3.55. The summed E-state index contributed by atoms with van der Waals surface area (Å²) in [6, 6.07) is 11.7. The van der Waals surface area contributed by atoms with Crippen LogP contribution in [0.4, 0.5) is 5.95 Å². The van der Waals surface area contributed by atoms with E-state index in [-0.39, 0.29) is 0 Å². The van der Waals surface area contributed by atoms with E-state index >= 15 is 0 Å². The van der Waals surface area contributed by atoms with Crippen LogP contribution in [0.5, 0.6) is 0 Å². The molecule has 0 radical (unpaired) electrons. The van der Waals surface area contributed by atoms with E-state index in [0.717, 1.165) is 37.7 Å². The molecule has 0 saturated carbocycles. The lowest BCUT2D eigenvalue weighted by Gasteiger charge is -2.33. The van der Waals surface area contributed by atoms with E-state index < -0.39 is 0 Å². The van der Waals surface area contributed by atoms with Crippen LogP contribution in [0.2, 0.25) is 0 Å². The van der Waals surface area contributed by atoms with Gasteiger partial charge in [-0.1, -0.05) is 18.2 Å². The van der Waals surface area contributed by atoms with Crippen molar-refractivity contribution in [2.45, 2.75) is 6.54 Å². The van der Waals surface area contributed by atoms with Crippen LogP contribution >= 0.6 is 0 Å². The monoisotopic (exact) mass is 322 g/mol. The third-order valence-corrected chi connectivity index (χ3v) is 4.05. The maximum atomic E-state index is 5.78. The number of rotatable bonds is 4. The first kappa shape index (κ1) is 14.8. The first-order chi connectivity index (χ1) is 11.9. The van der Waals surface area contributed by atoms with Crippen LogP contribution in [0.1, 0.15) is 5.89 Å². The second-order valence-corrected chi connectivity index (χ2v) is 5.68. The summed E-state index contributed by atoms with van der Waals surface area (Å²) >= 11 is 0. The van der Waals surface area contributed by atoms with Gasteiger partial charge >= 0.3 is 0 Å². The van der Waals surface area contributed by atoms with Crippen LogP contribution in [0.25, 0.3) is 11.5 Å². The Morgan fingerprint density at radius 3 is 2.38 bits per heavy atom. The van der Waals surface area contributed by atoms with Gasteiger partial charge in [0, 0.05) is 44.1 Å². The normalized spacial score (nSPS) is 15.6. The fraction of sp³-hybridized carbons (Fsp3) is 0.294. The molecule has 4 rings (SSSR count). The zero-order valence-electron chi connectivity index (χ0n) is 13.2. The van der Waals surface area contributed by atoms with Gasteiger partial charge in [-0.3, -0.25) is 4.90 Å². The molecule has 0 unspecified atom stereocenters. The molecular weight excluding hydrogens is 304 g/mol. The predicted octanol–water partition coefficient (Wildman–Crippen LogP) is 1.85. The standard InChI is InChI=1S/C17H18N6O/c1-2-5-14(6-3-1)16-21-20-15(24-16)13-22-9-11-23(12-10-22)17-18-7-4-8-19-17/h1-8H,9-13H2. The molecule has 0 N–H and O–H groups in total. The third kappa shape index (κ3) is 3.26. The first-order valence-corrected chi connectivity index (χ1v) is 8.00. The molecule has 1 aliphatic heterocycles. The highest BCUT2D eigenvalue weighted by Gasteiger charge is 2.20. The molecule has 0 aliphatic carbocycles. The number of hydrogen-bond acceptors (Lipinski definition) is 7. The fourth-order valence-corrected chi connectivity index (χ4v) is 2.77. The predicted molar refractivity (Wildman–Crippen MR) is 89.3 cm³/mol. The molecule has 3 aromatic rings. The Labute approximate surface area is 140 Å². The van der Waals surface area contributed by atoms with Crippen molar-refractivity contribution < 1.29 is 4.42 Å². The number of benzene rings is 1. The lowest BCUT2D eigenvalue weighted by atomic mass is 10.2. The Bertz CT molecular complexity index is 768. The van der Waals surface area contributed by atoms with Gasteiger partial charge in [-0.25, -0.2) is 9.97 Å². The van der Waals surface area contributed by atoms with Crippen LogP contribution in [-0.4, -0.2) is 51.2 Å². The summed E-state index contributed by atoms with van der Waals surface area (Å²) in [5, 5.41) is 8.31. The Morgan fingerprint density at radius 1 is 0.875 bits per heavy atom. The molecule has 0 atom stereocenters. The molecule has 122 valence electrons. The fourth-order valence-electron chi connectivity index (χ4n) is 2.77. The molecular formula is C17H18N6O. The van der Waals surface area contributed by atoms with E-state index in [4.69, 9.17) is 4.42 Å². The number of nitrogens with zero attached hydrogens (tertiary/aromatic N) is 6. The molecule has 1 aromatic carbocycles. The zero-order valence-corrected chi connectivity index (χ0v) is 13.2. The summed E-state index contributed by atoms with van der Waals surface area (Å²) in [7, 11) is 0. The second kappa shape index (κ2) is 6.76. The van der Waals surface area contributed by atoms with E-state index in [0.29, 0.717) is 18.3 Å². The number of hydrogen-bond donors (Lipinski definition) is 0. The van der Waals surface area contributed by atoms with Crippen LogP contribution < -0.4 is 4.90 Å². The van der Waals surface area contributed by atoms with Gasteiger partial charge in [0.1, 0.15) is 0 Å². The Hall–Kier alpha value is -2.80. The second-order valence-electron chi connectivity index (χ2n) is 5.68. The summed E-state index contributed by atoms with van der Waals surface area (Å²) in [5.41, 5.74) is 0.947. The Morgan fingerprint density at radius 2 is 1.62 bits per heavy atom. The molecule has 0 amide bonds. The van der Waals surface area contributed by atoms with Crippen LogP contribution in [-0.2, 0) is 6.54 Å². The van der Waals surface area contributed by atoms with Crippen molar-refractivity contribution in [3.8, 4) is 11.5 Å². The molecule has 0 bridgehead atoms. The smallest absolute Gasteiger partial charge is 0.247 e. The van der Waals surface area contributed by atoms with Gasteiger partial charge < -0.3 is 9.32 Å². The van der Waals surface area contributed by atoms with Crippen molar-refractivity contribution in [3.63, 3.8) is 0 Å². The van der Waals surface area contributed by atoms with E-state index in [2.05, 4.69) is 30.0 Å². The lowest BCUT2D eigenvalue weighted by Crippen LogP contribution is -2.46. The molecule has 1 saturated heterocycles. The van der Waals surface area contributed by atoms with E-state index in [1.54, 1.807) is 12.4 Å². The molecule has 3 heterocycles. The maximum Gasteiger partial charge on any atom is 0.247 e. The van der Waals surface area contributed by atoms with Crippen molar-refractivity contribution in [1.29, 1.82) is 0 Å². The van der Waals surface area contributed by atoms with Crippen molar-refractivity contribution in [1.82, 2.24) is 25.1 Å². The average molecular weight is 322 g/mol. The minimum Gasteiger partial charge on any atom is -0.419 e. The minimum absolute atomic E-state index is 0.571. The molecule has 7 heteroatoms. The molecule has 2 aromatic heterocycles. The highest BCUT2D eigenvalue weighted by molar-refractivity contribution is 5.51. The van der Waals surface area contributed by atoms with Crippen molar-refractivity contribution in [2.24, 2.45) is 0 Å². The van der Waals surface area contributed by atoms with E-state index in [9.17, 15) is 0 Å². The summed E-state index contributed by atoms with van der Waals surface area (Å²) < 4.78 is 5.78. The van der Waals surface area contributed by atoms with Gasteiger partial charge in [0.2, 0.25) is 17.7 Å². The van der Waals surface area contributed by atoms with Gasteiger partial charge in [0.25, 0.3) is 0 Å². The van der Waals surface area contributed by atoms with Crippen LogP contribution in [0, 0.1) is 0 Å². The Balaban J connectivity index is 1.35. The lowest BCUT2D eigenvalue weighted by molar-refractivity contribution is 0.226. The molecule has 1 aliphatic rings. The average Bonchev–Trinajstić information content (AvgIpc) is 3.12. The molecule has 24 heavy (non-hydrogen) atoms. The van der Waals surface area contributed by atoms with Gasteiger partial charge in [0.15, 0.2) is 0 Å². The SMILES string of the molecule is c1ccc(-c2nnc(CN3CCN(c4ncccn4)CC3)o2)cc1. The molecule has 7 nitrogen and oxygen atoms in total. The minimum atomic E-state index is 0.571. The summed E-state index contributed by atoms with van der Waals surface area (Å²) in [5.74, 6) is 2.02. The highest BCUT2D eigenvalue weighted by atomic mass is 16.4. The van der Waals surface area contributed by atoms with Crippen LogP contribution in [0.3, 0.4) is 0 Å². The van der Waals surface area contributed by atoms with Gasteiger partial charge in [0.05, 0.1) is 6.54 Å². The van der Waals surface area contributed by atoms with Gasteiger partial charge in [-0.15, -0.1) is 10.2 Å². The Kier molecular flexibility index (Phi) is 4.16. The van der Waals surface area contributed by atoms with Crippen molar-refractivity contribution in [3.05, 3.63) is 54.7 Å². The third-order valence-electron chi connectivity index (χ3n) is 4.05. The number of aromatic nitrogens is 4. The van der Waals surface area contributed by atoms with E-state index in [1.807, 2.05) is 36.4 Å². The number of anilines is 1. The first-order valence-electron chi connectivity index (χ1n) is 8.00. The topological polar surface area (TPSA) is 71.2 Å². The quantitative estimate of drug-likeness (QED) is 0.726. The summed E-state index contributed by atoms with van der Waals surface area (Å²) in [6.45, 7) is 4.29. The maximum absolute atomic E-state index is 5.78. The molecule has 0 spiro atoms. The van der Waals surface area contributed by atoms with Crippen molar-refractivity contribution >= 4 is 5.95 Å². The zero-order chi connectivity index (χ0) is 16.2. The van der Waals surface area contributed by atoms with Crippen molar-refractivity contribution in [2.75, 3.05) is 31.1 Å². The van der Waals surface area contributed by atoms with E-state index in [1.165, 1.54) is 0 Å². The van der Waals surface area contributed by atoms with Gasteiger partial charge in [-0.2, -0.15) is 0 Å².